The zero-order valence-corrected chi connectivity index (χ0v) is 21.6. The van der Waals surface area contributed by atoms with Crippen molar-refractivity contribution >= 4 is 52.5 Å². The summed E-state index contributed by atoms with van der Waals surface area (Å²) in [6.07, 6.45) is 1.64. The summed E-state index contributed by atoms with van der Waals surface area (Å²) in [4.78, 5) is 39.2. The number of Topliss-reactive ketones (excluding diaryl/α,β-unsaturated/α-hetero) is 1. The van der Waals surface area contributed by atoms with Gasteiger partial charge in [0.2, 0.25) is 0 Å². The second-order valence-electron chi connectivity index (χ2n) is 7.83. The Morgan fingerprint density at radius 3 is 2.35 bits per heavy atom. The molecule has 0 unspecified atom stereocenters. The zero-order chi connectivity index (χ0) is 26.0. The lowest BCUT2D eigenvalue weighted by Crippen LogP contribution is -2.30. The van der Waals surface area contributed by atoms with Crippen molar-refractivity contribution in [2.75, 3.05) is 18.2 Å². The number of ether oxygens (including phenoxy) is 1. The molecule has 3 aromatic carbocycles. The summed E-state index contributed by atoms with van der Waals surface area (Å²) in [6, 6.07) is 24.9. The molecule has 37 heavy (non-hydrogen) atoms. The fourth-order valence-electron chi connectivity index (χ4n) is 3.40. The van der Waals surface area contributed by atoms with Crippen LogP contribution in [0.1, 0.15) is 26.3 Å². The number of para-hydroxylation sites is 1. The average molecular weight is 529 g/mol. The highest BCUT2D eigenvalue weighted by Crippen LogP contribution is 2.25. The minimum atomic E-state index is -0.442. The van der Waals surface area contributed by atoms with Gasteiger partial charge in [-0.2, -0.15) is 11.3 Å². The molecule has 4 aromatic rings. The van der Waals surface area contributed by atoms with Crippen molar-refractivity contribution in [3.05, 3.63) is 118 Å². The summed E-state index contributed by atoms with van der Waals surface area (Å²) in [5.41, 5.74) is 2.51. The number of benzene rings is 3. The highest BCUT2D eigenvalue weighted by molar-refractivity contribution is 8.00. The van der Waals surface area contributed by atoms with E-state index in [0.29, 0.717) is 22.6 Å². The van der Waals surface area contributed by atoms with Crippen LogP contribution in [0.15, 0.2) is 106 Å². The predicted molar refractivity (Wildman–Crippen MR) is 149 cm³/mol. The van der Waals surface area contributed by atoms with Crippen molar-refractivity contribution in [1.29, 1.82) is 0 Å². The number of amides is 2. The Hall–Kier alpha value is -4.14. The molecule has 6 nitrogen and oxygen atoms in total. The van der Waals surface area contributed by atoms with Gasteiger partial charge in [0.25, 0.3) is 11.8 Å². The largest absolute Gasteiger partial charge is 0.496 e. The molecule has 0 atom stereocenters. The number of hydrogen-bond acceptors (Lipinski definition) is 6. The first-order valence-electron chi connectivity index (χ1n) is 11.3. The molecule has 0 radical (unpaired) electrons. The summed E-state index contributed by atoms with van der Waals surface area (Å²) < 4.78 is 5.27. The number of nitrogens with one attached hydrogen (secondary N) is 2. The van der Waals surface area contributed by atoms with Gasteiger partial charge in [0.1, 0.15) is 11.4 Å². The van der Waals surface area contributed by atoms with Gasteiger partial charge in [0.05, 0.1) is 18.4 Å². The summed E-state index contributed by atoms with van der Waals surface area (Å²) >= 11 is 2.90. The quantitative estimate of drug-likeness (QED) is 0.147. The van der Waals surface area contributed by atoms with Crippen LogP contribution in [0.3, 0.4) is 0 Å². The fraction of sp³-hybridized carbons (Fsp3) is 0.0690. The standard InChI is InChI=1S/C29H24N2O4S2/c1-35-27-10-6-5-9-24(27)26(32)19-37-23-13-11-22(12-14-23)30-29(34)25(17-20-15-16-36-18-20)31-28(33)21-7-3-2-4-8-21/h2-18H,19H2,1H3,(H,30,34)(H,31,33)/b25-17-. The number of thioether (sulfide) groups is 1. The molecule has 8 heteroatoms. The molecule has 1 aromatic heterocycles. The van der Waals surface area contributed by atoms with E-state index >= 15 is 0 Å². The van der Waals surface area contributed by atoms with E-state index in [1.807, 2.05) is 41.1 Å². The number of ketones is 1. The summed E-state index contributed by atoms with van der Waals surface area (Å²) in [5, 5.41) is 9.34. The Bertz CT molecular complexity index is 1400. The lowest BCUT2D eigenvalue weighted by atomic mass is 10.1. The third-order valence-electron chi connectivity index (χ3n) is 5.27. The fourth-order valence-corrected chi connectivity index (χ4v) is 4.80. The lowest BCUT2D eigenvalue weighted by molar-refractivity contribution is -0.113. The Morgan fingerprint density at radius 1 is 0.919 bits per heavy atom. The van der Waals surface area contributed by atoms with Crippen LogP contribution in [0.5, 0.6) is 5.75 Å². The van der Waals surface area contributed by atoms with Crippen LogP contribution < -0.4 is 15.4 Å². The van der Waals surface area contributed by atoms with Gasteiger partial charge in [0.15, 0.2) is 5.78 Å². The van der Waals surface area contributed by atoms with Crippen molar-refractivity contribution in [3.8, 4) is 5.75 Å². The van der Waals surface area contributed by atoms with Gasteiger partial charge in [-0.05, 0) is 77.0 Å². The maximum Gasteiger partial charge on any atom is 0.272 e. The number of carbonyl (C=O) groups is 3. The van der Waals surface area contributed by atoms with E-state index in [4.69, 9.17) is 4.74 Å². The number of methoxy groups -OCH3 is 1. The van der Waals surface area contributed by atoms with Crippen LogP contribution in [0.25, 0.3) is 6.08 Å². The first kappa shape index (κ1) is 25.9. The van der Waals surface area contributed by atoms with Crippen molar-refractivity contribution in [1.82, 2.24) is 5.32 Å². The third kappa shape index (κ3) is 7.19. The Labute approximate surface area is 223 Å². The minimum absolute atomic E-state index is 0.0304. The zero-order valence-electron chi connectivity index (χ0n) is 20.0. The number of thiophene rings is 1. The van der Waals surface area contributed by atoms with Crippen molar-refractivity contribution in [3.63, 3.8) is 0 Å². The molecule has 0 bridgehead atoms. The lowest BCUT2D eigenvalue weighted by Gasteiger charge is -2.12. The molecule has 0 aliphatic heterocycles. The maximum atomic E-state index is 13.1. The summed E-state index contributed by atoms with van der Waals surface area (Å²) in [6.45, 7) is 0. The van der Waals surface area contributed by atoms with Crippen LogP contribution in [0.2, 0.25) is 0 Å². The van der Waals surface area contributed by atoms with Crippen LogP contribution in [0, 0.1) is 0 Å². The van der Waals surface area contributed by atoms with E-state index in [-0.39, 0.29) is 23.1 Å². The second-order valence-corrected chi connectivity index (χ2v) is 9.65. The SMILES string of the molecule is COc1ccccc1C(=O)CSc1ccc(NC(=O)/C(=C/c2ccsc2)NC(=O)c2ccccc2)cc1. The molecule has 0 spiro atoms. The van der Waals surface area contributed by atoms with Crippen molar-refractivity contribution < 1.29 is 19.1 Å². The summed E-state index contributed by atoms with van der Waals surface area (Å²) in [7, 11) is 1.54. The van der Waals surface area contributed by atoms with Crippen molar-refractivity contribution in [2.24, 2.45) is 0 Å². The third-order valence-corrected chi connectivity index (χ3v) is 6.99. The molecule has 1 heterocycles. The normalized spacial score (nSPS) is 11.0. The summed E-state index contributed by atoms with van der Waals surface area (Å²) in [5.74, 6) is -0.0366. The number of hydrogen-bond donors (Lipinski definition) is 2. The monoisotopic (exact) mass is 528 g/mol. The Balaban J connectivity index is 1.40. The Morgan fingerprint density at radius 2 is 1.65 bits per heavy atom. The van der Waals surface area contributed by atoms with Gasteiger partial charge in [-0.15, -0.1) is 11.8 Å². The minimum Gasteiger partial charge on any atom is -0.496 e. The molecule has 4 rings (SSSR count). The highest BCUT2D eigenvalue weighted by Gasteiger charge is 2.16. The van der Waals surface area contributed by atoms with E-state index in [0.717, 1.165) is 10.5 Å². The van der Waals surface area contributed by atoms with Gasteiger partial charge in [0, 0.05) is 16.1 Å². The molecule has 0 saturated heterocycles. The van der Waals surface area contributed by atoms with Gasteiger partial charge in [-0.1, -0.05) is 30.3 Å². The molecule has 0 aliphatic rings. The average Bonchev–Trinajstić information content (AvgIpc) is 3.45. The van der Waals surface area contributed by atoms with Crippen LogP contribution in [0.4, 0.5) is 5.69 Å². The Kier molecular flexibility index (Phi) is 8.91. The van der Waals surface area contributed by atoms with Gasteiger partial charge in [-0.3, -0.25) is 14.4 Å². The molecule has 186 valence electrons. The van der Waals surface area contributed by atoms with E-state index in [9.17, 15) is 14.4 Å². The van der Waals surface area contributed by atoms with Crippen LogP contribution >= 0.6 is 23.1 Å². The molecular formula is C29H24N2O4S2. The number of anilines is 1. The molecule has 0 aliphatic carbocycles. The molecule has 0 fully saturated rings. The number of rotatable bonds is 10. The molecular weight excluding hydrogens is 504 g/mol. The van der Waals surface area contributed by atoms with Crippen molar-refractivity contribution in [2.45, 2.75) is 4.90 Å². The topological polar surface area (TPSA) is 84.5 Å². The van der Waals surface area contributed by atoms with E-state index in [2.05, 4.69) is 10.6 Å². The molecule has 2 N–H and O–H groups in total. The second kappa shape index (κ2) is 12.7. The highest BCUT2D eigenvalue weighted by atomic mass is 32.2. The molecule has 2 amide bonds. The van der Waals surface area contributed by atoms with E-state index in [1.54, 1.807) is 67.8 Å². The molecule has 0 saturated carbocycles. The van der Waals surface area contributed by atoms with Gasteiger partial charge < -0.3 is 15.4 Å². The van der Waals surface area contributed by atoms with Gasteiger partial charge in [-0.25, -0.2) is 0 Å². The van der Waals surface area contributed by atoms with Crippen LogP contribution in [-0.4, -0.2) is 30.5 Å². The smallest absolute Gasteiger partial charge is 0.272 e. The van der Waals surface area contributed by atoms with Gasteiger partial charge >= 0.3 is 0 Å². The van der Waals surface area contributed by atoms with E-state index in [1.165, 1.54) is 23.1 Å². The first-order valence-corrected chi connectivity index (χ1v) is 13.3. The first-order chi connectivity index (χ1) is 18.0. The van der Waals surface area contributed by atoms with Crippen LogP contribution in [-0.2, 0) is 4.79 Å². The number of carbonyl (C=O) groups excluding carboxylic acids is 3. The predicted octanol–water partition coefficient (Wildman–Crippen LogP) is 6.14. The van der Waals surface area contributed by atoms with E-state index < -0.39 is 5.91 Å². The maximum absolute atomic E-state index is 13.1.